The van der Waals surface area contributed by atoms with Gasteiger partial charge in [0.15, 0.2) is 17.5 Å². The van der Waals surface area contributed by atoms with Crippen LogP contribution in [-0.2, 0) is 16.1 Å². The normalized spacial score (nSPS) is 18.7. The lowest BCUT2D eigenvalue weighted by atomic mass is 9.98. The average molecular weight is 554 g/mol. The van der Waals surface area contributed by atoms with Crippen molar-refractivity contribution in [2.75, 3.05) is 33.5 Å². The van der Waals surface area contributed by atoms with Crippen molar-refractivity contribution >= 4 is 51.8 Å². The molecule has 0 saturated carbocycles. The summed E-state index contributed by atoms with van der Waals surface area (Å²) in [5.41, 5.74) is 1.06. The number of hydrogen-bond donors (Lipinski definition) is 1. The highest BCUT2D eigenvalue weighted by molar-refractivity contribution is 14.0. The number of hydrogen-bond acceptors (Lipinski definition) is 5. The molecule has 0 aromatic heterocycles. The van der Waals surface area contributed by atoms with Gasteiger partial charge in [-0.1, -0.05) is 0 Å². The third kappa shape index (κ3) is 5.40. The molecule has 1 aromatic carbocycles. The van der Waals surface area contributed by atoms with Crippen LogP contribution >= 0.6 is 39.9 Å². The quantitative estimate of drug-likeness (QED) is 0.267. The van der Waals surface area contributed by atoms with Crippen LogP contribution in [0, 0.1) is 5.92 Å². The van der Waals surface area contributed by atoms with Crippen LogP contribution in [0.2, 0.25) is 0 Å². The Morgan fingerprint density at radius 2 is 2.26 bits per heavy atom. The van der Waals surface area contributed by atoms with Gasteiger partial charge in [-0.3, -0.25) is 9.79 Å². The van der Waals surface area contributed by atoms with Crippen LogP contribution in [0.15, 0.2) is 21.6 Å². The molecule has 0 aliphatic carbocycles. The number of halogens is 2. The monoisotopic (exact) mass is 553 g/mol. The number of carbonyl (C=O) groups excluding carboxylic acids is 1. The summed E-state index contributed by atoms with van der Waals surface area (Å²) in [6, 6.07) is 3.97. The molecular formula is C18H25BrIN3O4. The lowest BCUT2D eigenvalue weighted by molar-refractivity contribution is -0.149. The number of esters is 1. The first kappa shape index (κ1) is 22.1. The smallest absolute Gasteiger partial charge is 0.310 e. The van der Waals surface area contributed by atoms with E-state index in [1.54, 1.807) is 7.05 Å². The zero-order valence-electron chi connectivity index (χ0n) is 15.5. The predicted molar refractivity (Wildman–Crippen MR) is 117 cm³/mol. The minimum atomic E-state index is -0.118. The third-order valence-electron chi connectivity index (χ3n) is 4.49. The SMILES string of the molecule is CCOC(=O)C1CCCN(C(=NC)NCc2cc(Br)c3c(c2)OCO3)C1.I. The van der Waals surface area contributed by atoms with Gasteiger partial charge < -0.3 is 24.4 Å². The Kier molecular flexibility index (Phi) is 8.46. The van der Waals surface area contributed by atoms with Crippen LogP contribution in [0.4, 0.5) is 0 Å². The first-order valence-electron chi connectivity index (χ1n) is 8.82. The van der Waals surface area contributed by atoms with Gasteiger partial charge in [0, 0.05) is 26.7 Å². The number of ether oxygens (including phenoxy) is 3. The van der Waals surface area contributed by atoms with E-state index in [2.05, 4.69) is 31.1 Å². The number of carbonyl (C=O) groups is 1. The summed E-state index contributed by atoms with van der Waals surface area (Å²) in [6.45, 7) is 4.60. The molecule has 2 heterocycles. The highest BCUT2D eigenvalue weighted by Crippen LogP contribution is 2.39. The lowest BCUT2D eigenvalue weighted by Gasteiger charge is -2.34. The number of nitrogens with one attached hydrogen (secondary N) is 1. The van der Waals surface area contributed by atoms with E-state index in [0.29, 0.717) is 19.7 Å². The summed E-state index contributed by atoms with van der Waals surface area (Å²) in [4.78, 5) is 18.5. The van der Waals surface area contributed by atoms with Gasteiger partial charge in [-0.25, -0.2) is 0 Å². The Labute approximate surface area is 185 Å². The number of rotatable bonds is 4. The molecule has 1 unspecified atom stereocenters. The van der Waals surface area contributed by atoms with Crippen molar-refractivity contribution in [3.05, 3.63) is 22.2 Å². The van der Waals surface area contributed by atoms with Crippen molar-refractivity contribution in [2.24, 2.45) is 10.9 Å². The summed E-state index contributed by atoms with van der Waals surface area (Å²) in [5.74, 6) is 2.06. The Balaban J connectivity index is 0.00000261. The van der Waals surface area contributed by atoms with E-state index < -0.39 is 0 Å². The van der Waals surface area contributed by atoms with Crippen molar-refractivity contribution in [1.29, 1.82) is 0 Å². The molecular weight excluding hydrogens is 529 g/mol. The standard InChI is InChI=1S/C18H24BrN3O4.HI/c1-3-24-17(23)13-5-4-6-22(10-13)18(20-2)21-9-12-7-14(19)16-15(8-12)25-11-26-16;/h7-8,13H,3-6,9-11H2,1-2H3,(H,20,21);1H. The molecule has 3 rings (SSSR count). The fraction of sp³-hybridized carbons (Fsp3) is 0.556. The number of piperidine rings is 1. The summed E-state index contributed by atoms with van der Waals surface area (Å²) in [5, 5.41) is 3.37. The van der Waals surface area contributed by atoms with Gasteiger partial charge in [0.2, 0.25) is 6.79 Å². The number of aliphatic imine (C=N–C) groups is 1. The van der Waals surface area contributed by atoms with Gasteiger partial charge in [-0.05, 0) is 53.4 Å². The lowest BCUT2D eigenvalue weighted by Crippen LogP contribution is -2.48. The molecule has 1 N–H and O–H groups in total. The summed E-state index contributed by atoms with van der Waals surface area (Å²) >= 11 is 3.51. The number of fused-ring (bicyclic) bond motifs is 1. The van der Waals surface area contributed by atoms with E-state index >= 15 is 0 Å². The Hall–Kier alpha value is -1.23. The van der Waals surface area contributed by atoms with Crippen LogP contribution in [0.5, 0.6) is 11.5 Å². The molecule has 1 saturated heterocycles. The molecule has 0 bridgehead atoms. The molecule has 0 spiro atoms. The van der Waals surface area contributed by atoms with Gasteiger partial charge in [-0.2, -0.15) is 0 Å². The van der Waals surface area contributed by atoms with Crippen molar-refractivity contribution in [3.63, 3.8) is 0 Å². The molecule has 0 radical (unpaired) electrons. The molecule has 7 nitrogen and oxygen atoms in total. The molecule has 9 heteroatoms. The minimum absolute atomic E-state index is 0. The number of guanidine groups is 1. The first-order valence-corrected chi connectivity index (χ1v) is 9.62. The number of likely N-dealkylation sites (tertiary alicyclic amines) is 1. The Morgan fingerprint density at radius 1 is 1.44 bits per heavy atom. The summed E-state index contributed by atoms with van der Waals surface area (Å²) in [6.07, 6.45) is 1.81. The molecule has 1 fully saturated rings. The molecule has 1 atom stereocenters. The van der Waals surface area contributed by atoms with Gasteiger partial charge in [-0.15, -0.1) is 24.0 Å². The van der Waals surface area contributed by atoms with Gasteiger partial charge >= 0.3 is 5.97 Å². The minimum Gasteiger partial charge on any atom is -0.466 e. The van der Waals surface area contributed by atoms with E-state index in [-0.39, 0.29) is 42.7 Å². The first-order chi connectivity index (χ1) is 12.6. The molecule has 2 aliphatic rings. The van der Waals surface area contributed by atoms with Crippen LogP contribution < -0.4 is 14.8 Å². The fourth-order valence-corrected chi connectivity index (χ4v) is 3.86. The van der Waals surface area contributed by atoms with E-state index in [9.17, 15) is 4.79 Å². The van der Waals surface area contributed by atoms with E-state index in [1.807, 2.05) is 19.1 Å². The van der Waals surface area contributed by atoms with E-state index in [1.165, 1.54) is 0 Å². The maximum Gasteiger partial charge on any atom is 0.310 e. The van der Waals surface area contributed by atoms with Crippen LogP contribution in [0.3, 0.4) is 0 Å². The second-order valence-corrected chi connectivity index (χ2v) is 7.10. The topological polar surface area (TPSA) is 72.4 Å². The molecule has 150 valence electrons. The second kappa shape index (κ2) is 10.4. The summed E-state index contributed by atoms with van der Waals surface area (Å²) < 4.78 is 16.9. The fourth-order valence-electron chi connectivity index (χ4n) is 3.26. The zero-order valence-corrected chi connectivity index (χ0v) is 19.4. The third-order valence-corrected chi connectivity index (χ3v) is 5.08. The predicted octanol–water partition coefficient (Wildman–Crippen LogP) is 3.15. The highest BCUT2D eigenvalue weighted by Gasteiger charge is 2.28. The molecule has 27 heavy (non-hydrogen) atoms. The summed E-state index contributed by atoms with van der Waals surface area (Å²) in [7, 11) is 1.76. The molecule has 2 aliphatic heterocycles. The van der Waals surface area contributed by atoms with Gasteiger partial charge in [0.05, 0.1) is 17.0 Å². The maximum absolute atomic E-state index is 12.0. The van der Waals surface area contributed by atoms with E-state index in [0.717, 1.165) is 46.9 Å². The van der Waals surface area contributed by atoms with E-state index in [4.69, 9.17) is 14.2 Å². The van der Waals surface area contributed by atoms with Crippen molar-refractivity contribution in [1.82, 2.24) is 10.2 Å². The molecule has 0 amide bonds. The largest absolute Gasteiger partial charge is 0.466 e. The van der Waals surface area contributed by atoms with Crippen molar-refractivity contribution in [2.45, 2.75) is 26.3 Å². The average Bonchev–Trinajstić information content (AvgIpc) is 3.12. The highest BCUT2D eigenvalue weighted by atomic mass is 127. The molecule has 1 aromatic rings. The second-order valence-electron chi connectivity index (χ2n) is 6.25. The van der Waals surface area contributed by atoms with Crippen molar-refractivity contribution in [3.8, 4) is 11.5 Å². The number of benzene rings is 1. The van der Waals surface area contributed by atoms with Crippen LogP contribution in [0.25, 0.3) is 0 Å². The van der Waals surface area contributed by atoms with Gasteiger partial charge in [0.25, 0.3) is 0 Å². The van der Waals surface area contributed by atoms with Crippen LogP contribution in [-0.4, -0.2) is 50.4 Å². The zero-order chi connectivity index (χ0) is 18.5. The van der Waals surface area contributed by atoms with Gasteiger partial charge in [0.1, 0.15) is 0 Å². The van der Waals surface area contributed by atoms with Crippen LogP contribution in [0.1, 0.15) is 25.3 Å². The maximum atomic E-state index is 12.0. The number of nitrogens with zero attached hydrogens (tertiary/aromatic N) is 2. The van der Waals surface area contributed by atoms with Crippen molar-refractivity contribution < 1.29 is 19.0 Å². The Morgan fingerprint density at radius 3 is 3.00 bits per heavy atom. The Bertz CT molecular complexity index is 701.